The van der Waals surface area contributed by atoms with Crippen LogP contribution in [0.4, 0.5) is 0 Å². The van der Waals surface area contributed by atoms with Crippen LogP contribution in [0, 0.1) is 17.3 Å². The second-order valence-corrected chi connectivity index (χ2v) is 4.61. The molecule has 2 aliphatic carbocycles. The number of hydrogen-bond acceptors (Lipinski definition) is 1. The van der Waals surface area contributed by atoms with Gasteiger partial charge in [-0.1, -0.05) is 13.5 Å². The van der Waals surface area contributed by atoms with Crippen LogP contribution in [0.5, 0.6) is 0 Å². The Bertz CT molecular complexity index is 181. The molecule has 1 nitrogen and oxygen atoms in total. The lowest BCUT2D eigenvalue weighted by atomic mass is 9.48. The summed E-state index contributed by atoms with van der Waals surface area (Å²) in [7, 11) is 0. The zero-order valence-corrected chi connectivity index (χ0v) is 7.14. The maximum Gasteiger partial charge on any atom is 0.0882 e. The molecule has 1 heteroatoms. The van der Waals surface area contributed by atoms with Crippen LogP contribution in [-0.4, -0.2) is 5.11 Å². The van der Waals surface area contributed by atoms with Gasteiger partial charge in [-0.15, -0.1) is 0 Å². The molecule has 0 aromatic heterocycles. The third-order valence-electron chi connectivity index (χ3n) is 3.39. The minimum Gasteiger partial charge on any atom is -0.513 e. The zero-order valence-electron chi connectivity index (χ0n) is 7.14. The van der Waals surface area contributed by atoms with E-state index in [4.69, 9.17) is 5.11 Å². The van der Waals surface area contributed by atoms with Gasteiger partial charge in [-0.05, 0) is 37.0 Å². The van der Waals surface area contributed by atoms with Gasteiger partial charge in [0, 0.05) is 5.92 Å². The summed E-state index contributed by atoms with van der Waals surface area (Å²) < 4.78 is 0. The molecule has 0 atom stereocenters. The Balaban J connectivity index is 1.84. The Morgan fingerprint density at radius 3 is 2.27 bits per heavy atom. The number of aliphatic hydroxyl groups excluding tert-OH is 1. The van der Waals surface area contributed by atoms with Crippen molar-refractivity contribution in [3.05, 3.63) is 12.3 Å². The average Bonchev–Trinajstić information content (AvgIpc) is 1.73. The van der Waals surface area contributed by atoms with Crippen molar-refractivity contribution in [3.63, 3.8) is 0 Å². The number of hydrogen-bond donors (Lipinski definition) is 1. The van der Waals surface area contributed by atoms with Crippen LogP contribution in [0.2, 0.25) is 0 Å². The highest BCUT2D eigenvalue weighted by Gasteiger charge is 2.51. The smallest absolute Gasteiger partial charge is 0.0882 e. The third kappa shape index (κ3) is 0.979. The lowest BCUT2D eigenvalue weighted by Gasteiger charge is -2.57. The molecule has 0 heterocycles. The van der Waals surface area contributed by atoms with Crippen LogP contribution >= 0.6 is 0 Å². The lowest BCUT2D eigenvalue weighted by Crippen LogP contribution is -2.47. The summed E-state index contributed by atoms with van der Waals surface area (Å²) in [6.45, 7) is 5.89. The van der Waals surface area contributed by atoms with Crippen molar-refractivity contribution in [2.45, 2.75) is 32.6 Å². The van der Waals surface area contributed by atoms with Gasteiger partial charge in [0.25, 0.3) is 0 Å². The van der Waals surface area contributed by atoms with Crippen molar-refractivity contribution in [1.29, 1.82) is 0 Å². The van der Waals surface area contributed by atoms with Crippen LogP contribution in [-0.2, 0) is 0 Å². The van der Waals surface area contributed by atoms with Crippen LogP contribution in [0.25, 0.3) is 0 Å². The van der Waals surface area contributed by atoms with E-state index in [0.29, 0.717) is 17.1 Å². The molecule has 0 saturated heterocycles. The van der Waals surface area contributed by atoms with Gasteiger partial charge in [0.2, 0.25) is 0 Å². The highest BCUT2D eigenvalue weighted by Crippen LogP contribution is 2.62. The first-order valence-corrected chi connectivity index (χ1v) is 4.49. The summed E-state index contributed by atoms with van der Waals surface area (Å²) in [5, 5.41) is 9.10. The van der Waals surface area contributed by atoms with Gasteiger partial charge in [-0.3, -0.25) is 0 Å². The number of aliphatic hydroxyl groups is 1. The van der Waals surface area contributed by atoms with E-state index in [9.17, 15) is 0 Å². The first kappa shape index (κ1) is 7.20. The SMILES string of the molecule is C=C(O)C1CC2(CC(C)C2)C1. The van der Waals surface area contributed by atoms with E-state index in [1.54, 1.807) is 0 Å². The molecule has 2 saturated carbocycles. The molecule has 2 aliphatic rings. The Kier molecular flexibility index (Phi) is 1.33. The molecule has 2 rings (SSSR count). The van der Waals surface area contributed by atoms with Gasteiger partial charge in [0.15, 0.2) is 0 Å². The zero-order chi connectivity index (χ0) is 8.06. The van der Waals surface area contributed by atoms with E-state index >= 15 is 0 Å². The Hall–Kier alpha value is -0.460. The fourth-order valence-electron chi connectivity index (χ4n) is 2.97. The topological polar surface area (TPSA) is 20.2 Å². The molecule has 2 fully saturated rings. The predicted octanol–water partition coefficient (Wildman–Crippen LogP) is 2.88. The highest BCUT2D eigenvalue weighted by atomic mass is 16.3. The molecule has 1 spiro atoms. The van der Waals surface area contributed by atoms with E-state index in [1.165, 1.54) is 25.7 Å². The molecule has 0 aromatic rings. The van der Waals surface area contributed by atoms with Gasteiger partial charge in [-0.25, -0.2) is 0 Å². The first-order valence-electron chi connectivity index (χ1n) is 4.49. The van der Waals surface area contributed by atoms with Gasteiger partial charge < -0.3 is 5.11 Å². The first-order chi connectivity index (χ1) is 5.11. The van der Waals surface area contributed by atoms with E-state index in [-0.39, 0.29) is 0 Å². The molecule has 62 valence electrons. The second-order valence-electron chi connectivity index (χ2n) is 4.61. The summed E-state index contributed by atoms with van der Waals surface area (Å²) in [5.74, 6) is 1.78. The maximum absolute atomic E-state index is 9.10. The van der Waals surface area contributed by atoms with Crippen LogP contribution in [0.3, 0.4) is 0 Å². The molecule has 0 amide bonds. The van der Waals surface area contributed by atoms with Crippen molar-refractivity contribution in [2.75, 3.05) is 0 Å². The molecule has 11 heavy (non-hydrogen) atoms. The van der Waals surface area contributed by atoms with Crippen molar-refractivity contribution in [1.82, 2.24) is 0 Å². The van der Waals surface area contributed by atoms with Gasteiger partial charge >= 0.3 is 0 Å². The Morgan fingerprint density at radius 2 is 1.91 bits per heavy atom. The van der Waals surface area contributed by atoms with Crippen molar-refractivity contribution in [3.8, 4) is 0 Å². The van der Waals surface area contributed by atoms with E-state index < -0.39 is 0 Å². The fourth-order valence-corrected chi connectivity index (χ4v) is 2.97. The van der Waals surface area contributed by atoms with Gasteiger partial charge in [0.1, 0.15) is 0 Å². The average molecular weight is 152 g/mol. The third-order valence-corrected chi connectivity index (χ3v) is 3.39. The van der Waals surface area contributed by atoms with Crippen molar-refractivity contribution >= 4 is 0 Å². The molecule has 0 aliphatic heterocycles. The monoisotopic (exact) mass is 152 g/mol. The molecule has 0 aromatic carbocycles. The minimum atomic E-state index is 0.412. The van der Waals surface area contributed by atoms with Crippen LogP contribution < -0.4 is 0 Å². The standard InChI is InChI=1S/C10H16O/c1-7-3-10(4-7)5-9(6-10)8(2)11/h7,9,11H,2-6H2,1H3. The van der Waals surface area contributed by atoms with Crippen molar-refractivity contribution < 1.29 is 5.11 Å². The summed E-state index contributed by atoms with van der Waals surface area (Å²) in [4.78, 5) is 0. The van der Waals surface area contributed by atoms with Gasteiger partial charge in [0.05, 0.1) is 5.76 Å². The normalized spacial score (nSPS) is 48.1. The molecule has 0 bridgehead atoms. The number of allylic oxidation sites excluding steroid dienone is 1. The van der Waals surface area contributed by atoms with Crippen LogP contribution in [0.15, 0.2) is 12.3 Å². The quantitative estimate of drug-likeness (QED) is 0.573. The summed E-state index contributed by atoms with van der Waals surface area (Å²) in [6.07, 6.45) is 5.17. The number of rotatable bonds is 1. The molecular formula is C10H16O. The maximum atomic E-state index is 9.10. The molecular weight excluding hydrogens is 136 g/mol. The van der Waals surface area contributed by atoms with E-state index in [0.717, 1.165) is 5.92 Å². The second kappa shape index (κ2) is 2.02. The van der Waals surface area contributed by atoms with Gasteiger partial charge in [-0.2, -0.15) is 0 Å². The van der Waals surface area contributed by atoms with E-state index in [1.807, 2.05) is 0 Å². The van der Waals surface area contributed by atoms with E-state index in [2.05, 4.69) is 13.5 Å². The Morgan fingerprint density at radius 1 is 1.36 bits per heavy atom. The summed E-state index contributed by atoms with van der Waals surface area (Å²) in [5.41, 5.74) is 0.649. The fraction of sp³-hybridized carbons (Fsp3) is 0.800. The highest BCUT2D eigenvalue weighted by molar-refractivity contribution is 5.08. The van der Waals surface area contributed by atoms with Crippen molar-refractivity contribution in [2.24, 2.45) is 17.3 Å². The summed E-state index contributed by atoms with van der Waals surface area (Å²) in [6, 6.07) is 0. The molecule has 0 radical (unpaired) electrons. The Labute approximate surface area is 68.1 Å². The largest absolute Gasteiger partial charge is 0.513 e. The predicted molar refractivity (Wildman–Crippen MR) is 45.3 cm³/mol. The lowest BCUT2D eigenvalue weighted by molar-refractivity contribution is -0.0597. The summed E-state index contributed by atoms with van der Waals surface area (Å²) >= 11 is 0. The minimum absolute atomic E-state index is 0.412. The molecule has 0 unspecified atom stereocenters. The molecule has 1 N–H and O–H groups in total. The van der Waals surface area contributed by atoms with Crippen LogP contribution in [0.1, 0.15) is 32.6 Å².